The number of carbonyl (C=O) groups excluding carboxylic acids is 1. The molecule has 4 nitrogen and oxygen atoms in total. The van der Waals surface area contributed by atoms with E-state index >= 15 is 0 Å². The van der Waals surface area contributed by atoms with E-state index in [2.05, 4.69) is 10.3 Å². The van der Waals surface area contributed by atoms with Crippen molar-refractivity contribution in [3.05, 3.63) is 52.9 Å². The summed E-state index contributed by atoms with van der Waals surface area (Å²) in [7, 11) is 0. The Labute approximate surface area is 120 Å². The molecule has 0 unspecified atom stereocenters. The summed E-state index contributed by atoms with van der Waals surface area (Å²) >= 11 is 5.61. The van der Waals surface area contributed by atoms with Crippen molar-refractivity contribution < 1.29 is 13.9 Å². The fourth-order valence-electron chi connectivity index (χ4n) is 1.50. The van der Waals surface area contributed by atoms with Crippen LogP contribution in [0.5, 0.6) is 5.75 Å². The van der Waals surface area contributed by atoms with Crippen LogP contribution in [0.25, 0.3) is 0 Å². The number of benzene rings is 1. The number of halogens is 2. The van der Waals surface area contributed by atoms with Crippen molar-refractivity contribution in [3.8, 4) is 5.75 Å². The molecule has 1 aromatic carbocycles. The Balaban J connectivity index is 1.92. The zero-order valence-electron chi connectivity index (χ0n) is 10.7. The maximum absolute atomic E-state index is 13.0. The maximum Gasteiger partial charge on any atom is 0.263 e. The number of aromatic nitrogens is 1. The molecule has 1 N–H and O–H groups in total. The van der Waals surface area contributed by atoms with Crippen molar-refractivity contribution in [2.45, 2.75) is 6.92 Å². The molecule has 0 atom stereocenters. The van der Waals surface area contributed by atoms with Crippen LogP contribution in [0.3, 0.4) is 0 Å². The van der Waals surface area contributed by atoms with E-state index < -0.39 is 5.82 Å². The van der Waals surface area contributed by atoms with Gasteiger partial charge in [0.05, 0.1) is 5.02 Å². The molecule has 1 aromatic heterocycles. The standard InChI is InChI=1S/C14H12ClFN2O2/c1-9-3-2-6-17-14(9)18-13(19)8-20-10-4-5-12(16)11(15)7-10/h2-7H,8H2,1H3,(H,17,18,19). The van der Waals surface area contributed by atoms with Crippen LogP contribution in [-0.2, 0) is 4.79 Å². The van der Waals surface area contributed by atoms with Gasteiger partial charge in [0.25, 0.3) is 5.91 Å². The van der Waals surface area contributed by atoms with Gasteiger partial charge in [-0.15, -0.1) is 0 Å². The highest BCUT2D eigenvalue weighted by atomic mass is 35.5. The normalized spacial score (nSPS) is 10.2. The molecule has 20 heavy (non-hydrogen) atoms. The van der Waals surface area contributed by atoms with Crippen molar-refractivity contribution in [1.29, 1.82) is 0 Å². The molecule has 0 spiro atoms. The van der Waals surface area contributed by atoms with Crippen LogP contribution in [0.15, 0.2) is 36.5 Å². The minimum Gasteiger partial charge on any atom is -0.484 e. The Morgan fingerprint density at radius 3 is 2.95 bits per heavy atom. The molecule has 0 bridgehead atoms. The van der Waals surface area contributed by atoms with Crippen molar-refractivity contribution in [2.75, 3.05) is 11.9 Å². The van der Waals surface area contributed by atoms with E-state index in [9.17, 15) is 9.18 Å². The third-order valence-corrected chi connectivity index (χ3v) is 2.82. The molecule has 1 heterocycles. The van der Waals surface area contributed by atoms with Crippen molar-refractivity contribution >= 4 is 23.3 Å². The number of amides is 1. The average molecular weight is 295 g/mol. The molecule has 0 saturated heterocycles. The van der Waals surface area contributed by atoms with E-state index in [1.165, 1.54) is 18.2 Å². The third kappa shape index (κ3) is 3.68. The summed E-state index contributed by atoms with van der Waals surface area (Å²) in [5.41, 5.74) is 0.852. The third-order valence-electron chi connectivity index (χ3n) is 2.53. The number of rotatable bonds is 4. The molecule has 2 rings (SSSR count). The molecule has 0 fully saturated rings. The van der Waals surface area contributed by atoms with Crippen molar-refractivity contribution in [3.63, 3.8) is 0 Å². The van der Waals surface area contributed by atoms with Crippen LogP contribution in [0, 0.1) is 12.7 Å². The summed E-state index contributed by atoms with van der Waals surface area (Å²) in [6.07, 6.45) is 1.59. The lowest BCUT2D eigenvalue weighted by molar-refractivity contribution is -0.118. The number of hydrogen-bond acceptors (Lipinski definition) is 3. The molecule has 6 heteroatoms. The predicted octanol–water partition coefficient (Wildman–Crippen LogP) is 3.20. The molecule has 2 aromatic rings. The molecule has 0 radical (unpaired) electrons. The first-order chi connectivity index (χ1) is 9.56. The Hall–Kier alpha value is -2.14. The molecule has 1 amide bonds. The first kappa shape index (κ1) is 14.3. The SMILES string of the molecule is Cc1cccnc1NC(=O)COc1ccc(F)c(Cl)c1. The summed E-state index contributed by atoms with van der Waals surface area (Å²) in [4.78, 5) is 15.7. The van der Waals surface area contributed by atoms with Crippen LogP contribution < -0.4 is 10.1 Å². The van der Waals surface area contributed by atoms with E-state index in [0.717, 1.165) is 5.56 Å². The smallest absolute Gasteiger partial charge is 0.263 e. The van der Waals surface area contributed by atoms with E-state index in [4.69, 9.17) is 16.3 Å². The van der Waals surface area contributed by atoms with Gasteiger partial charge in [-0.25, -0.2) is 9.37 Å². The molecule has 0 aliphatic heterocycles. The Bertz CT molecular complexity index is 634. The topological polar surface area (TPSA) is 51.2 Å². The van der Waals surface area contributed by atoms with Crippen LogP contribution in [0.1, 0.15) is 5.56 Å². The Kier molecular flexibility index (Phi) is 4.53. The molecule has 104 valence electrons. The number of hydrogen-bond donors (Lipinski definition) is 1. The number of carbonyl (C=O) groups is 1. The van der Waals surface area contributed by atoms with E-state index in [-0.39, 0.29) is 17.5 Å². The molecular weight excluding hydrogens is 283 g/mol. The number of nitrogens with one attached hydrogen (secondary N) is 1. The number of aryl methyl sites for hydroxylation is 1. The highest BCUT2D eigenvalue weighted by molar-refractivity contribution is 6.30. The lowest BCUT2D eigenvalue weighted by Crippen LogP contribution is -2.21. The Morgan fingerprint density at radius 1 is 1.45 bits per heavy atom. The van der Waals surface area contributed by atoms with Crippen LogP contribution in [0.4, 0.5) is 10.2 Å². The van der Waals surface area contributed by atoms with Gasteiger partial charge in [-0.05, 0) is 30.7 Å². The van der Waals surface area contributed by atoms with Crippen LogP contribution in [-0.4, -0.2) is 17.5 Å². The van der Waals surface area contributed by atoms with Crippen LogP contribution in [0.2, 0.25) is 5.02 Å². The highest BCUT2D eigenvalue weighted by Crippen LogP contribution is 2.21. The largest absolute Gasteiger partial charge is 0.484 e. The van der Waals surface area contributed by atoms with E-state index in [1.807, 2.05) is 13.0 Å². The van der Waals surface area contributed by atoms with Crippen LogP contribution >= 0.6 is 11.6 Å². The zero-order chi connectivity index (χ0) is 14.5. The summed E-state index contributed by atoms with van der Waals surface area (Å²) in [6, 6.07) is 7.51. The van der Waals surface area contributed by atoms with Gasteiger partial charge >= 0.3 is 0 Å². The second kappa shape index (κ2) is 6.34. The number of pyridine rings is 1. The van der Waals surface area contributed by atoms with Gasteiger partial charge in [-0.1, -0.05) is 17.7 Å². The second-order valence-electron chi connectivity index (χ2n) is 4.08. The fraction of sp³-hybridized carbons (Fsp3) is 0.143. The van der Waals surface area contributed by atoms with Crippen molar-refractivity contribution in [1.82, 2.24) is 4.98 Å². The van der Waals surface area contributed by atoms with Gasteiger partial charge < -0.3 is 10.1 Å². The minimum atomic E-state index is -0.535. The predicted molar refractivity (Wildman–Crippen MR) is 74.5 cm³/mol. The van der Waals surface area contributed by atoms with Crippen molar-refractivity contribution in [2.24, 2.45) is 0 Å². The lowest BCUT2D eigenvalue weighted by Gasteiger charge is -2.08. The van der Waals surface area contributed by atoms with Gasteiger partial charge in [0.2, 0.25) is 0 Å². The lowest BCUT2D eigenvalue weighted by atomic mass is 10.3. The van der Waals surface area contributed by atoms with Gasteiger partial charge in [-0.3, -0.25) is 4.79 Å². The van der Waals surface area contributed by atoms with Gasteiger partial charge in [0.15, 0.2) is 6.61 Å². The minimum absolute atomic E-state index is 0.0523. The Morgan fingerprint density at radius 2 is 2.25 bits per heavy atom. The van der Waals surface area contributed by atoms with Gasteiger partial charge in [0.1, 0.15) is 17.4 Å². The summed E-state index contributed by atoms with van der Waals surface area (Å²) < 4.78 is 18.2. The first-order valence-electron chi connectivity index (χ1n) is 5.85. The quantitative estimate of drug-likeness (QED) is 0.942. The summed E-state index contributed by atoms with van der Waals surface area (Å²) in [5.74, 6) is -0.0812. The monoisotopic (exact) mass is 294 g/mol. The number of nitrogens with zero attached hydrogens (tertiary/aromatic N) is 1. The number of anilines is 1. The highest BCUT2D eigenvalue weighted by Gasteiger charge is 2.07. The summed E-state index contributed by atoms with van der Waals surface area (Å²) in [6.45, 7) is 1.63. The average Bonchev–Trinajstić information content (AvgIpc) is 2.43. The molecule has 0 aliphatic rings. The molecular formula is C14H12ClFN2O2. The molecule has 0 saturated carbocycles. The zero-order valence-corrected chi connectivity index (χ0v) is 11.4. The second-order valence-corrected chi connectivity index (χ2v) is 4.49. The number of ether oxygens (including phenoxy) is 1. The van der Waals surface area contributed by atoms with Gasteiger partial charge in [0, 0.05) is 12.3 Å². The first-order valence-corrected chi connectivity index (χ1v) is 6.23. The van der Waals surface area contributed by atoms with E-state index in [0.29, 0.717) is 11.6 Å². The van der Waals surface area contributed by atoms with E-state index in [1.54, 1.807) is 12.3 Å². The fourth-order valence-corrected chi connectivity index (χ4v) is 1.67. The van der Waals surface area contributed by atoms with Gasteiger partial charge in [-0.2, -0.15) is 0 Å². The molecule has 0 aliphatic carbocycles. The maximum atomic E-state index is 13.0. The summed E-state index contributed by atoms with van der Waals surface area (Å²) in [5, 5.41) is 2.57.